The summed E-state index contributed by atoms with van der Waals surface area (Å²) in [5, 5.41) is 10.9. The van der Waals surface area contributed by atoms with Gasteiger partial charge in [-0.15, -0.1) is 0 Å². The van der Waals surface area contributed by atoms with Crippen molar-refractivity contribution < 1.29 is 23.9 Å². The Balaban J connectivity index is 1.49. The first kappa shape index (κ1) is 30.4. The van der Waals surface area contributed by atoms with E-state index in [-0.39, 0.29) is 24.5 Å². The molecule has 1 atom stereocenters. The number of nitro benzene ring substituents is 1. The van der Waals surface area contributed by atoms with Gasteiger partial charge in [0, 0.05) is 12.1 Å². The molecular weight excluding hydrogens is 582 g/mol. The molecule has 0 amide bonds. The third kappa shape index (κ3) is 6.47. The topological polar surface area (TPSA) is 122 Å². The fourth-order valence-electron chi connectivity index (χ4n) is 4.94. The number of nitrogens with zero attached hydrogens (tertiary/aromatic N) is 3. The summed E-state index contributed by atoms with van der Waals surface area (Å²) in [5.41, 5.74) is 3.04. The van der Waals surface area contributed by atoms with Crippen LogP contribution in [0.1, 0.15) is 49.4 Å². The molecule has 0 spiro atoms. The van der Waals surface area contributed by atoms with E-state index < -0.39 is 16.9 Å². The van der Waals surface area contributed by atoms with Crippen LogP contribution in [-0.4, -0.2) is 29.2 Å². The maximum Gasteiger partial charge on any atom is 0.338 e. The van der Waals surface area contributed by atoms with Crippen molar-refractivity contribution in [2.45, 2.75) is 39.3 Å². The van der Waals surface area contributed by atoms with Crippen LogP contribution in [0.15, 0.2) is 93.9 Å². The van der Waals surface area contributed by atoms with Crippen molar-refractivity contribution in [3.05, 3.63) is 131 Å². The molecule has 0 saturated heterocycles. The number of ether oxygens (including phenoxy) is 3. The molecule has 0 fully saturated rings. The average molecular weight is 614 g/mol. The minimum absolute atomic E-state index is 0.0249. The summed E-state index contributed by atoms with van der Waals surface area (Å²) in [6.45, 7) is 4.22. The van der Waals surface area contributed by atoms with Gasteiger partial charge in [0.05, 0.1) is 40.5 Å². The number of rotatable bonds is 11. The summed E-state index contributed by atoms with van der Waals surface area (Å²) in [5.74, 6) is 0.729. The quantitative estimate of drug-likeness (QED) is 0.131. The van der Waals surface area contributed by atoms with Gasteiger partial charge in [-0.05, 0) is 72.5 Å². The predicted molar refractivity (Wildman–Crippen MR) is 166 cm³/mol. The molecule has 44 heavy (non-hydrogen) atoms. The third-order valence-electron chi connectivity index (χ3n) is 7.03. The van der Waals surface area contributed by atoms with Crippen LogP contribution >= 0.6 is 11.3 Å². The highest BCUT2D eigenvalue weighted by Crippen LogP contribution is 2.34. The van der Waals surface area contributed by atoms with Gasteiger partial charge in [0.15, 0.2) is 4.80 Å². The van der Waals surface area contributed by atoms with Gasteiger partial charge in [-0.1, -0.05) is 48.9 Å². The lowest BCUT2D eigenvalue weighted by atomic mass is 9.94. The highest BCUT2D eigenvalue weighted by Gasteiger charge is 2.34. The molecule has 0 N–H and O–H groups in total. The molecule has 0 saturated carbocycles. The third-order valence-corrected chi connectivity index (χ3v) is 8.02. The number of hydrogen-bond donors (Lipinski definition) is 0. The van der Waals surface area contributed by atoms with Crippen LogP contribution in [0.25, 0.3) is 6.08 Å². The lowest BCUT2D eigenvalue weighted by Crippen LogP contribution is -2.40. The molecular formula is C33H31N3O7S. The van der Waals surface area contributed by atoms with Gasteiger partial charge < -0.3 is 14.2 Å². The Hall–Kier alpha value is -5.03. The van der Waals surface area contributed by atoms with Crippen molar-refractivity contribution >= 4 is 29.1 Å². The van der Waals surface area contributed by atoms with Gasteiger partial charge >= 0.3 is 5.97 Å². The number of thiazole rings is 1. The summed E-state index contributed by atoms with van der Waals surface area (Å²) in [4.78, 5) is 43.0. The Bertz CT molecular complexity index is 1890. The molecule has 0 bridgehead atoms. The Morgan fingerprint density at radius 3 is 2.48 bits per heavy atom. The highest BCUT2D eigenvalue weighted by molar-refractivity contribution is 7.07. The van der Waals surface area contributed by atoms with Crippen molar-refractivity contribution in [1.82, 2.24) is 4.57 Å². The largest absolute Gasteiger partial charge is 0.497 e. The molecule has 1 aliphatic rings. The van der Waals surface area contributed by atoms with Crippen molar-refractivity contribution in [1.29, 1.82) is 0 Å². The van der Waals surface area contributed by atoms with Crippen LogP contribution in [0.5, 0.6) is 11.5 Å². The Labute approximate surface area is 257 Å². The van der Waals surface area contributed by atoms with Crippen LogP contribution < -0.4 is 24.4 Å². The second-order valence-electron chi connectivity index (χ2n) is 9.97. The number of aromatic nitrogens is 1. The molecule has 1 aromatic heterocycles. The van der Waals surface area contributed by atoms with Crippen LogP contribution in [0, 0.1) is 10.1 Å². The van der Waals surface area contributed by atoms with Gasteiger partial charge in [-0.25, -0.2) is 9.79 Å². The molecule has 11 heteroatoms. The maximum atomic E-state index is 13.9. The molecule has 1 aliphatic heterocycles. The van der Waals surface area contributed by atoms with Crippen molar-refractivity contribution in [3.8, 4) is 11.5 Å². The number of fused-ring (bicyclic) bond motifs is 1. The van der Waals surface area contributed by atoms with Crippen LogP contribution in [0.4, 0.5) is 5.69 Å². The zero-order valence-corrected chi connectivity index (χ0v) is 25.3. The summed E-state index contributed by atoms with van der Waals surface area (Å²) >= 11 is 1.27. The van der Waals surface area contributed by atoms with Gasteiger partial charge in [0.2, 0.25) is 0 Å². The summed E-state index contributed by atoms with van der Waals surface area (Å²) in [7, 11) is 1.57. The normalized spacial score (nSPS) is 14.5. The van der Waals surface area contributed by atoms with E-state index in [9.17, 15) is 19.7 Å². The van der Waals surface area contributed by atoms with Crippen LogP contribution in [0.2, 0.25) is 0 Å². The van der Waals surface area contributed by atoms with Crippen LogP contribution in [0.3, 0.4) is 0 Å². The van der Waals surface area contributed by atoms with E-state index in [1.54, 1.807) is 48.9 Å². The Morgan fingerprint density at radius 1 is 1.07 bits per heavy atom. The van der Waals surface area contributed by atoms with Crippen LogP contribution in [-0.2, 0) is 16.1 Å². The van der Waals surface area contributed by atoms with E-state index >= 15 is 0 Å². The fourth-order valence-corrected chi connectivity index (χ4v) is 5.96. The number of benzene rings is 3. The Morgan fingerprint density at radius 2 is 1.82 bits per heavy atom. The number of allylic oxidation sites excluding steroid dienone is 1. The summed E-state index contributed by atoms with van der Waals surface area (Å²) < 4.78 is 18.8. The standard InChI is InChI=1S/C33H31N3O7S/c1-4-7-27-29(32(38)42-5-2)30(23-8-6-9-26(19-23)41-3)35-31(37)28(44-33(35)34-27)18-21-12-16-25(17-13-21)43-20-22-10-14-24(15-11-22)36(39)40/h6,8-19,30H,4-5,7,20H2,1-3H3/b28-18-. The molecule has 3 aromatic carbocycles. The van der Waals surface area contributed by atoms with Gasteiger partial charge in [-0.3, -0.25) is 19.5 Å². The van der Waals surface area contributed by atoms with Crippen molar-refractivity contribution in [2.24, 2.45) is 4.99 Å². The monoisotopic (exact) mass is 613 g/mol. The van der Waals surface area contributed by atoms with Crippen molar-refractivity contribution in [2.75, 3.05) is 13.7 Å². The van der Waals surface area contributed by atoms with Gasteiger partial charge in [0.1, 0.15) is 18.1 Å². The number of carbonyl (C=O) groups is 1. The first-order valence-corrected chi connectivity index (χ1v) is 15.0. The maximum absolute atomic E-state index is 13.9. The second kappa shape index (κ2) is 13.5. The molecule has 2 heterocycles. The average Bonchev–Trinajstić information content (AvgIpc) is 3.34. The highest BCUT2D eigenvalue weighted by atomic mass is 32.1. The lowest BCUT2D eigenvalue weighted by molar-refractivity contribution is -0.384. The minimum Gasteiger partial charge on any atom is -0.497 e. The van der Waals surface area contributed by atoms with E-state index in [2.05, 4.69) is 0 Å². The van der Waals surface area contributed by atoms with Gasteiger partial charge in [-0.2, -0.15) is 0 Å². The molecule has 4 aromatic rings. The first-order valence-electron chi connectivity index (χ1n) is 14.1. The molecule has 5 rings (SSSR count). The summed E-state index contributed by atoms with van der Waals surface area (Å²) in [6.07, 6.45) is 3.11. The molecule has 10 nitrogen and oxygen atoms in total. The first-order chi connectivity index (χ1) is 21.3. The number of hydrogen-bond acceptors (Lipinski definition) is 9. The number of carbonyl (C=O) groups excluding carboxylic acids is 1. The summed E-state index contributed by atoms with van der Waals surface area (Å²) in [6, 6.07) is 20.1. The van der Waals surface area contributed by atoms with E-state index in [0.29, 0.717) is 38.5 Å². The fraction of sp³-hybridized carbons (Fsp3) is 0.242. The minimum atomic E-state index is -0.723. The smallest absolute Gasteiger partial charge is 0.338 e. The number of nitro groups is 1. The molecule has 0 aliphatic carbocycles. The van der Waals surface area contributed by atoms with E-state index in [4.69, 9.17) is 19.2 Å². The lowest BCUT2D eigenvalue weighted by Gasteiger charge is -2.26. The molecule has 1 unspecified atom stereocenters. The Kier molecular flexibility index (Phi) is 9.35. The second-order valence-corrected chi connectivity index (χ2v) is 11.0. The number of esters is 1. The number of methoxy groups -OCH3 is 1. The molecule has 0 radical (unpaired) electrons. The van der Waals surface area contributed by atoms with E-state index in [1.165, 1.54) is 23.5 Å². The zero-order valence-electron chi connectivity index (χ0n) is 24.5. The van der Waals surface area contributed by atoms with Gasteiger partial charge in [0.25, 0.3) is 11.2 Å². The zero-order chi connectivity index (χ0) is 31.2. The molecule has 226 valence electrons. The van der Waals surface area contributed by atoms with E-state index in [1.807, 2.05) is 43.3 Å². The predicted octanol–water partition coefficient (Wildman–Crippen LogP) is 5.07. The number of non-ortho nitro benzene ring substituents is 1. The SMILES string of the molecule is CCCC1=C(C(=O)OCC)C(c2cccc(OC)c2)n2c(s/c(=C\c3ccc(OCc4ccc([N+](=O)[O-])cc4)cc3)c2=O)=N1. The van der Waals surface area contributed by atoms with Crippen molar-refractivity contribution in [3.63, 3.8) is 0 Å². The van der Waals surface area contributed by atoms with E-state index in [0.717, 1.165) is 23.1 Å².